The number of hydrogen-bond acceptors (Lipinski definition) is 2. The van der Waals surface area contributed by atoms with Crippen molar-refractivity contribution in [2.75, 3.05) is 19.6 Å². The molecule has 0 heterocycles. The second-order valence-electron chi connectivity index (χ2n) is 5.24. The van der Waals surface area contributed by atoms with Gasteiger partial charge in [0.05, 0.1) is 0 Å². The Kier molecular flexibility index (Phi) is 6.41. The minimum Gasteiger partial charge on any atom is -0.334 e. The number of amides is 2. The zero-order chi connectivity index (χ0) is 12.8. The minimum atomic E-state index is -0.182. The molecule has 2 N–H and O–H groups in total. The van der Waals surface area contributed by atoms with Crippen molar-refractivity contribution in [2.24, 2.45) is 0 Å². The topological polar surface area (TPSA) is 44.4 Å². The van der Waals surface area contributed by atoms with Crippen molar-refractivity contribution >= 4 is 6.03 Å². The molecular weight excluding hydrogens is 202 g/mol. The third-order valence-corrected chi connectivity index (χ3v) is 2.29. The highest BCUT2D eigenvalue weighted by Gasteiger charge is 2.15. The van der Waals surface area contributed by atoms with Crippen molar-refractivity contribution < 1.29 is 4.79 Å². The first kappa shape index (κ1) is 15.2. The van der Waals surface area contributed by atoms with E-state index in [2.05, 4.69) is 29.4 Å². The van der Waals surface area contributed by atoms with E-state index in [4.69, 9.17) is 0 Å². The molecule has 0 aromatic rings. The van der Waals surface area contributed by atoms with Gasteiger partial charge in [-0.05, 0) is 40.8 Å². The normalized spacial score (nSPS) is 13.7. The maximum Gasteiger partial charge on any atom is 0.315 e. The van der Waals surface area contributed by atoms with Crippen molar-refractivity contribution in [2.45, 2.75) is 53.1 Å². The van der Waals surface area contributed by atoms with Crippen LogP contribution in [0.15, 0.2) is 0 Å². The molecule has 2 amide bonds. The number of carbonyl (C=O) groups excluding carboxylic acids is 1. The summed E-state index contributed by atoms with van der Waals surface area (Å²) in [5, 5.41) is 5.83. The molecule has 0 aliphatic carbocycles. The quantitative estimate of drug-likeness (QED) is 0.755. The fraction of sp³-hybridized carbons (Fsp3) is 0.917. The Labute approximate surface area is 99.8 Å². The summed E-state index contributed by atoms with van der Waals surface area (Å²) in [6.45, 7) is 15.1. The maximum atomic E-state index is 11.6. The molecule has 0 spiro atoms. The summed E-state index contributed by atoms with van der Waals surface area (Å²) in [5.74, 6) is 0. The van der Waals surface area contributed by atoms with E-state index in [0.717, 1.165) is 19.6 Å². The van der Waals surface area contributed by atoms with Crippen molar-refractivity contribution in [1.82, 2.24) is 15.5 Å². The van der Waals surface area contributed by atoms with Gasteiger partial charge in [0.15, 0.2) is 0 Å². The van der Waals surface area contributed by atoms with E-state index in [1.807, 2.05) is 27.7 Å². The number of hydrogen-bond donors (Lipinski definition) is 2. The van der Waals surface area contributed by atoms with E-state index in [1.165, 1.54) is 0 Å². The first-order valence-electron chi connectivity index (χ1n) is 6.09. The Bertz CT molecular complexity index is 207. The molecular formula is C12H27N3O. The largest absolute Gasteiger partial charge is 0.334 e. The zero-order valence-electron chi connectivity index (χ0n) is 11.6. The summed E-state index contributed by atoms with van der Waals surface area (Å²) in [5.41, 5.74) is -0.182. The van der Waals surface area contributed by atoms with E-state index in [-0.39, 0.29) is 17.6 Å². The van der Waals surface area contributed by atoms with E-state index in [0.29, 0.717) is 0 Å². The lowest BCUT2D eigenvalue weighted by molar-refractivity contribution is 0.220. The number of nitrogens with one attached hydrogen (secondary N) is 2. The third kappa shape index (κ3) is 7.51. The molecule has 0 rings (SSSR count). The fourth-order valence-electron chi connectivity index (χ4n) is 1.52. The highest BCUT2D eigenvalue weighted by atomic mass is 16.2. The molecule has 0 radical (unpaired) electrons. The average Bonchev–Trinajstić information content (AvgIpc) is 2.10. The lowest BCUT2D eigenvalue weighted by Crippen LogP contribution is -2.51. The smallest absolute Gasteiger partial charge is 0.315 e. The van der Waals surface area contributed by atoms with Crippen LogP contribution in [0.5, 0.6) is 0 Å². The Morgan fingerprint density at radius 3 is 2.12 bits per heavy atom. The van der Waals surface area contributed by atoms with Crippen LogP contribution in [0.4, 0.5) is 4.79 Å². The number of urea groups is 1. The van der Waals surface area contributed by atoms with E-state index < -0.39 is 0 Å². The predicted molar refractivity (Wildman–Crippen MR) is 68.7 cm³/mol. The van der Waals surface area contributed by atoms with E-state index in [9.17, 15) is 4.79 Å². The first-order valence-corrected chi connectivity index (χ1v) is 6.09. The predicted octanol–water partition coefficient (Wildman–Crippen LogP) is 1.81. The van der Waals surface area contributed by atoms with E-state index >= 15 is 0 Å². The van der Waals surface area contributed by atoms with Crippen molar-refractivity contribution in [1.29, 1.82) is 0 Å². The van der Waals surface area contributed by atoms with Gasteiger partial charge in [0.2, 0.25) is 0 Å². The number of nitrogens with zero attached hydrogens (tertiary/aromatic N) is 1. The molecule has 4 nitrogen and oxygen atoms in total. The molecule has 16 heavy (non-hydrogen) atoms. The summed E-state index contributed by atoms with van der Waals surface area (Å²) in [6.07, 6.45) is 0. The van der Waals surface area contributed by atoms with Crippen LogP contribution < -0.4 is 10.6 Å². The molecule has 0 aromatic heterocycles. The molecule has 1 unspecified atom stereocenters. The summed E-state index contributed by atoms with van der Waals surface area (Å²) in [4.78, 5) is 13.9. The van der Waals surface area contributed by atoms with Gasteiger partial charge in [-0.2, -0.15) is 0 Å². The molecule has 0 aliphatic heterocycles. The second-order valence-corrected chi connectivity index (χ2v) is 5.24. The zero-order valence-corrected chi connectivity index (χ0v) is 11.6. The lowest BCUT2D eigenvalue weighted by Gasteiger charge is -2.26. The van der Waals surface area contributed by atoms with Gasteiger partial charge in [-0.25, -0.2) is 4.79 Å². The summed E-state index contributed by atoms with van der Waals surface area (Å²) >= 11 is 0. The molecule has 1 atom stereocenters. The second kappa shape index (κ2) is 6.74. The highest BCUT2D eigenvalue weighted by Crippen LogP contribution is 1.98. The van der Waals surface area contributed by atoms with E-state index in [1.54, 1.807) is 0 Å². The molecule has 4 heteroatoms. The van der Waals surface area contributed by atoms with Crippen LogP contribution in [0, 0.1) is 0 Å². The molecule has 96 valence electrons. The molecule has 0 saturated heterocycles. The van der Waals surface area contributed by atoms with Gasteiger partial charge in [-0.3, -0.25) is 0 Å². The van der Waals surface area contributed by atoms with Crippen LogP contribution in [0.1, 0.15) is 41.5 Å². The van der Waals surface area contributed by atoms with Crippen molar-refractivity contribution in [3.63, 3.8) is 0 Å². The van der Waals surface area contributed by atoms with Gasteiger partial charge >= 0.3 is 6.03 Å². The average molecular weight is 229 g/mol. The maximum absolute atomic E-state index is 11.6. The van der Waals surface area contributed by atoms with Gasteiger partial charge in [0.25, 0.3) is 0 Å². The Morgan fingerprint density at radius 1 is 1.25 bits per heavy atom. The minimum absolute atomic E-state index is 0.0906. The summed E-state index contributed by atoms with van der Waals surface area (Å²) in [6, 6.07) is 0.0782. The van der Waals surface area contributed by atoms with Crippen LogP contribution >= 0.6 is 0 Å². The standard InChI is InChI=1S/C12H27N3O/c1-7-15(8-2)9-10(3)13-11(16)14-12(4,5)6/h10H,7-9H2,1-6H3,(H2,13,14,16). The summed E-state index contributed by atoms with van der Waals surface area (Å²) < 4.78 is 0. The van der Waals surface area contributed by atoms with Crippen molar-refractivity contribution in [3.05, 3.63) is 0 Å². The molecule has 0 saturated carbocycles. The Hall–Kier alpha value is -0.770. The van der Waals surface area contributed by atoms with Crippen LogP contribution in [0.2, 0.25) is 0 Å². The Balaban J connectivity index is 3.95. The molecule has 0 fully saturated rings. The van der Waals surface area contributed by atoms with Gasteiger partial charge in [0, 0.05) is 18.1 Å². The fourth-order valence-corrected chi connectivity index (χ4v) is 1.52. The van der Waals surface area contributed by atoms with Crippen LogP contribution in [0.3, 0.4) is 0 Å². The summed E-state index contributed by atoms with van der Waals surface area (Å²) in [7, 11) is 0. The molecule has 0 aliphatic rings. The van der Waals surface area contributed by atoms with Crippen LogP contribution in [0.25, 0.3) is 0 Å². The van der Waals surface area contributed by atoms with Crippen LogP contribution in [-0.4, -0.2) is 42.1 Å². The SMILES string of the molecule is CCN(CC)CC(C)NC(=O)NC(C)(C)C. The number of carbonyl (C=O) groups is 1. The van der Waals surface area contributed by atoms with Gasteiger partial charge in [0.1, 0.15) is 0 Å². The number of likely N-dealkylation sites (N-methyl/N-ethyl adjacent to an activating group) is 1. The van der Waals surface area contributed by atoms with Gasteiger partial charge < -0.3 is 15.5 Å². The van der Waals surface area contributed by atoms with Gasteiger partial charge in [-0.1, -0.05) is 13.8 Å². The number of rotatable bonds is 5. The molecule has 0 bridgehead atoms. The van der Waals surface area contributed by atoms with Gasteiger partial charge in [-0.15, -0.1) is 0 Å². The third-order valence-electron chi connectivity index (χ3n) is 2.29. The molecule has 0 aromatic carbocycles. The van der Waals surface area contributed by atoms with Crippen LogP contribution in [-0.2, 0) is 0 Å². The lowest BCUT2D eigenvalue weighted by atomic mass is 10.1. The van der Waals surface area contributed by atoms with Crippen molar-refractivity contribution in [3.8, 4) is 0 Å². The highest BCUT2D eigenvalue weighted by molar-refractivity contribution is 5.74. The monoisotopic (exact) mass is 229 g/mol. The Morgan fingerprint density at radius 2 is 1.75 bits per heavy atom. The first-order chi connectivity index (χ1) is 7.28.